The van der Waals surface area contributed by atoms with E-state index in [2.05, 4.69) is 9.98 Å². The number of aliphatic imine (C=N–C) groups is 2. The second-order valence-corrected chi connectivity index (χ2v) is 15.2. The fraction of sp³-hybridized carbons (Fsp3) is 0.150. The minimum Gasteiger partial charge on any atom is -0.599 e. The number of rotatable bonds is 2. The van der Waals surface area contributed by atoms with Gasteiger partial charge in [-0.05, 0) is 35.7 Å². The summed E-state index contributed by atoms with van der Waals surface area (Å²) in [5.41, 5.74) is -4.84. The zero-order valence-corrected chi connectivity index (χ0v) is 30.3. The van der Waals surface area contributed by atoms with E-state index in [0.29, 0.717) is 23.6 Å². The topological polar surface area (TPSA) is 43.2 Å². The van der Waals surface area contributed by atoms with E-state index in [1.807, 2.05) is 0 Å². The van der Waals surface area contributed by atoms with Crippen LogP contribution in [0.5, 0.6) is 11.5 Å². The van der Waals surface area contributed by atoms with E-state index >= 15 is 17.6 Å². The zero-order chi connectivity index (χ0) is 39.6. The lowest BCUT2D eigenvalue weighted by Crippen LogP contribution is -2.31. The molecule has 1 aliphatic heterocycles. The maximum Gasteiger partial charge on any atom is 0.999 e. The molecule has 1 saturated carbocycles. The smallest absolute Gasteiger partial charge is 0.599 e. The first-order valence-electron chi connectivity index (χ1n) is 17.1. The Hall–Kier alpha value is -5.10. The Balaban J connectivity index is 1.50. The summed E-state index contributed by atoms with van der Waals surface area (Å²) in [6.07, 6.45) is 0.888. The first-order chi connectivity index (χ1) is 26.9. The summed E-state index contributed by atoms with van der Waals surface area (Å²) < 4.78 is 164. The molecule has 56 heavy (non-hydrogen) atoms. The standard InChI is InChI=1S/C40H24F10N2O2.Al.ClH/c41-27-25(28(42)32(46)35(49)31(27)45)37(21-15-13-17-7-1-3-9-19(17)39(21)53)51-23-11-5-6-12-24(23)52-38(26-29(43)33(47)36(50)34(48)30(26)44)22-16-14-18-8-2-4-10-20(18)40(22)54;;/h1-4,7-10,13-16,23-24,53-54H,5-6,11-12H2;;1H/q;+3;/p-3/t23-,24-;;/m1../s1. The van der Waals surface area contributed by atoms with Crippen molar-refractivity contribution >= 4 is 56.9 Å². The van der Waals surface area contributed by atoms with Crippen molar-refractivity contribution in [1.82, 2.24) is 0 Å². The molecule has 0 spiro atoms. The molecule has 0 unspecified atom stereocenters. The second-order valence-electron chi connectivity index (χ2n) is 13.1. The molecular formula is C40H22AlClF10N2O2. The summed E-state index contributed by atoms with van der Waals surface area (Å²) in [5, 5.41) is 1.55. The molecule has 284 valence electrons. The molecule has 1 heterocycles. The van der Waals surface area contributed by atoms with Gasteiger partial charge in [0.15, 0.2) is 46.5 Å². The van der Waals surface area contributed by atoms with E-state index in [0.717, 1.165) is 0 Å². The van der Waals surface area contributed by atoms with Crippen molar-refractivity contribution in [3.8, 4) is 11.5 Å². The van der Waals surface area contributed by atoms with Gasteiger partial charge in [-0.25, -0.2) is 43.9 Å². The van der Waals surface area contributed by atoms with Crippen molar-refractivity contribution in [2.45, 2.75) is 37.8 Å². The SMILES string of the molecule is Fc1c(F)c(F)c(C2=N[C@@H]3CCCC[C@H]3N=C(c3c(F)c(F)c(F)c(F)c3F)c3ccc4ccccc4c3[O][Al]([Cl])[O]c3c2ccc2ccccc32)c(F)c1F. The highest BCUT2D eigenvalue weighted by atomic mass is 35.6. The summed E-state index contributed by atoms with van der Waals surface area (Å²) >= 11 is -3.77. The third kappa shape index (κ3) is 6.26. The lowest BCUT2D eigenvalue weighted by atomic mass is 9.89. The van der Waals surface area contributed by atoms with Gasteiger partial charge in [-0.2, -0.15) is 10.0 Å². The third-order valence-corrected chi connectivity index (χ3v) is 11.2. The minimum atomic E-state index is -3.77. The molecule has 0 saturated heterocycles. The third-order valence-electron chi connectivity index (χ3n) is 9.87. The summed E-state index contributed by atoms with van der Waals surface area (Å²) in [7, 11) is 6.87. The Kier molecular flexibility index (Phi) is 9.97. The molecule has 0 bridgehead atoms. The van der Waals surface area contributed by atoms with Gasteiger partial charge in [0.2, 0.25) is 11.6 Å². The van der Waals surface area contributed by atoms with Crippen LogP contribution in [0.3, 0.4) is 0 Å². The normalized spacial score (nSPS) is 17.4. The molecule has 0 radical (unpaired) electrons. The maximum atomic E-state index is 15.8. The van der Waals surface area contributed by atoms with Crippen LogP contribution in [-0.4, -0.2) is 37.4 Å². The van der Waals surface area contributed by atoms with Gasteiger partial charge >= 0.3 is 13.9 Å². The van der Waals surface area contributed by atoms with Crippen LogP contribution in [0.1, 0.15) is 47.9 Å². The highest BCUT2D eigenvalue weighted by Crippen LogP contribution is 2.40. The number of benzene rings is 6. The molecule has 0 amide bonds. The zero-order valence-electron chi connectivity index (χ0n) is 28.4. The molecule has 2 atom stereocenters. The Morgan fingerprint density at radius 3 is 1.18 bits per heavy atom. The molecule has 2 aliphatic rings. The van der Waals surface area contributed by atoms with Gasteiger partial charge in [0.05, 0.1) is 34.6 Å². The molecule has 1 aliphatic carbocycles. The lowest BCUT2D eigenvalue weighted by molar-refractivity contribution is 0.374. The number of fused-ring (bicyclic) bond motifs is 7. The molecule has 0 aromatic heterocycles. The fourth-order valence-electron chi connectivity index (χ4n) is 7.21. The largest absolute Gasteiger partial charge is 0.999 e. The molecule has 6 aromatic carbocycles. The van der Waals surface area contributed by atoms with Crippen LogP contribution >= 0.6 is 10.0 Å². The molecular weight excluding hydrogens is 793 g/mol. The van der Waals surface area contributed by atoms with Gasteiger partial charge < -0.3 is 7.58 Å². The van der Waals surface area contributed by atoms with Gasteiger partial charge in [-0.3, -0.25) is 9.98 Å². The monoisotopic (exact) mass is 814 g/mol. The highest BCUT2D eigenvalue weighted by Gasteiger charge is 2.40. The van der Waals surface area contributed by atoms with Gasteiger partial charge in [-0.15, -0.1) is 0 Å². The average molecular weight is 815 g/mol. The van der Waals surface area contributed by atoms with E-state index in [-0.39, 0.29) is 46.2 Å². The number of hydrogen-bond donors (Lipinski definition) is 0. The lowest BCUT2D eigenvalue weighted by Gasteiger charge is -2.28. The maximum absolute atomic E-state index is 15.8. The Morgan fingerprint density at radius 2 is 0.804 bits per heavy atom. The van der Waals surface area contributed by atoms with Crippen LogP contribution in [0, 0.1) is 58.2 Å². The number of nitrogens with zero attached hydrogens (tertiary/aromatic N) is 2. The van der Waals surface area contributed by atoms with E-state index in [1.54, 1.807) is 48.5 Å². The van der Waals surface area contributed by atoms with Crippen LogP contribution in [0.2, 0.25) is 0 Å². The van der Waals surface area contributed by atoms with Crippen molar-refractivity contribution < 1.29 is 51.5 Å². The Bertz CT molecular complexity index is 2440. The van der Waals surface area contributed by atoms with Crippen LogP contribution < -0.4 is 7.58 Å². The van der Waals surface area contributed by atoms with Gasteiger partial charge in [0.1, 0.15) is 11.5 Å². The molecule has 6 aromatic rings. The van der Waals surface area contributed by atoms with Crippen LogP contribution in [-0.2, 0) is 0 Å². The van der Waals surface area contributed by atoms with Crippen LogP contribution in [0.4, 0.5) is 43.9 Å². The molecule has 0 N–H and O–H groups in total. The van der Waals surface area contributed by atoms with Crippen molar-refractivity contribution in [1.29, 1.82) is 0 Å². The molecule has 16 heteroatoms. The van der Waals surface area contributed by atoms with Gasteiger partial charge in [0, 0.05) is 21.9 Å². The Morgan fingerprint density at radius 1 is 0.464 bits per heavy atom. The first-order valence-corrected chi connectivity index (χ1v) is 19.8. The highest BCUT2D eigenvalue weighted by molar-refractivity contribution is 7.00. The summed E-state index contributed by atoms with van der Waals surface area (Å²) in [6.45, 7) is 0. The van der Waals surface area contributed by atoms with Gasteiger partial charge in [0.25, 0.3) is 0 Å². The van der Waals surface area contributed by atoms with E-state index < -0.39 is 107 Å². The summed E-state index contributed by atoms with van der Waals surface area (Å²) in [6, 6.07) is 16.1. The second kappa shape index (κ2) is 14.8. The summed E-state index contributed by atoms with van der Waals surface area (Å²) in [5.74, 6) is -23.1. The minimum absolute atomic E-state index is 0.0508. The fourth-order valence-corrected chi connectivity index (χ4v) is 8.67. The van der Waals surface area contributed by atoms with E-state index in [4.69, 9.17) is 17.6 Å². The number of halogens is 11. The average Bonchev–Trinajstić information content (AvgIpc) is 3.21. The molecule has 4 nitrogen and oxygen atoms in total. The van der Waals surface area contributed by atoms with Crippen molar-refractivity contribution in [3.05, 3.63) is 153 Å². The first kappa shape index (κ1) is 37.8. The molecule has 1 fully saturated rings. The summed E-state index contributed by atoms with van der Waals surface area (Å²) in [4.78, 5) is 9.19. The van der Waals surface area contributed by atoms with Crippen molar-refractivity contribution in [2.24, 2.45) is 9.98 Å². The molecule has 8 rings (SSSR count). The van der Waals surface area contributed by atoms with Crippen molar-refractivity contribution in [3.63, 3.8) is 0 Å². The van der Waals surface area contributed by atoms with Crippen molar-refractivity contribution in [2.75, 3.05) is 0 Å². The van der Waals surface area contributed by atoms with E-state index in [1.165, 1.54) is 24.3 Å². The van der Waals surface area contributed by atoms with E-state index in [9.17, 15) is 26.3 Å². The van der Waals surface area contributed by atoms with Crippen LogP contribution in [0.25, 0.3) is 21.5 Å². The Labute approximate surface area is 319 Å². The predicted octanol–water partition coefficient (Wildman–Crippen LogP) is 11.1. The van der Waals surface area contributed by atoms with Gasteiger partial charge in [-0.1, -0.05) is 73.5 Å². The van der Waals surface area contributed by atoms with Crippen LogP contribution in [0.15, 0.2) is 82.8 Å². The number of hydrogen-bond acceptors (Lipinski definition) is 4. The quantitative estimate of drug-likeness (QED) is 0.0756. The predicted molar refractivity (Wildman–Crippen MR) is 191 cm³/mol.